The number of aromatic amines is 1. The highest BCUT2D eigenvalue weighted by Crippen LogP contribution is 2.21. The van der Waals surface area contributed by atoms with Crippen LogP contribution in [0, 0.1) is 0 Å². The highest BCUT2D eigenvalue weighted by atomic mass is 16.5. The third kappa shape index (κ3) is 2.46. The van der Waals surface area contributed by atoms with Crippen molar-refractivity contribution in [2.24, 2.45) is 5.73 Å². The fourth-order valence-corrected chi connectivity index (χ4v) is 1.72. The van der Waals surface area contributed by atoms with Crippen LogP contribution in [0.25, 0.3) is 10.9 Å². The molecule has 0 bridgehead atoms. The first-order chi connectivity index (χ1) is 8.63. The van der Waals surface area contributed by atoms with Crippen molar-refractivity contribution in [3.8, 4) is 5.75 Å². The number of nitrogens with one attached hydrogen (secondary N) is 2. The van der Waals surface area contributed by atoms with Gasteiger partial charge < -0.3 is 20.8 Å². The topological polar surface area (TPSA) is 80.1 Å². The fraction of sp³-hybridized carbons (Fsp3) is 0.308. The molecule has 1 aromatic heterocycles. The van der Waals surface area contributed by atoms with E-state index in [2.05, 4.69) is 10.3 Å². The normalized spacial score (nSPS) is 12.4. The van der Waals surface area contributed by atoms with Gasteiger partial charge in [0.05, 0.1) is 7.11 Å². The van der Waals surface area contributed by atoms with Gasteiger partial charge >= 0.3 is 0 Å². The van der Waals surface area contributed by atoms with Gasteiger partial charge in [0, 0.05) is 29.6 Å². The summed E-state index contributed by atoms with van der Waals surface area (Å²) in [5.41, 5.74) is 6.87. The van der Waals surface area contributed by atoms with Crippen molar-refractivity contribution < 1.29 is 9.53 Å². The monoisotopic (exact) mass is 247 g/mol. The van der Waals surface area contributed by atoms with Crippen LogP contribution >= 0.6 is 0 Å². The lowest BCUT2D eigenvalue weighted by molar-refractivity contribution is 0.0937. The second-order valence-electron chi connectivity index (χ2n) is 4.25. The third-order valence-corrected chi connectivity index (χ3v) is 2.81. The summed E-state index contributed by atoms with van der Waals surface area (Å²) in [6.07, 6.45) is 0. The molecule has 2 aromatic rings. The van der Waals surface area contributed by atoms with Crippen molar-refractivity contribution >= 4 is 16.8 Å². The molecule has 1 unspecified atom stereocenters. The Morgan fingerprint density at radius 2 is 2.28 bits per heavy atom. The van der Waals surface area contributed by atoms with Gasteiger partial charge in [0.25, 0.3) is 5.91 Å². The predicted octanol–water partition coefficient (Wildman–Crippen LogP) is 1.25. The van der Waals surface area contributed by atoms with Crippen LogP contribution in [0.3, 0.4) is 0 Å². The molecule has 1 amide bonds. The van der Waals surface area contributed by atoms with Gasteiger partial charge in [0.1, 0.15) is 11.4 Å². The van der Waals surface area contributed by atoms with Crippen LogP contribution in [0.1, 0.15) is 17.4 Å². The van der Waals surface area contributed by atoms with Gasteiger partial charge in [-0.2, -0.15) is 0 Å². The highest BCUT2D eigenvalue weighted by Gasteiger charge is 2.11. The number of fused-ring (bicyclic) bond motifs is 1. The average Bonchev–Trinajstić information content (AvgIpc) is 2.81. The van der Waals surface area contributed by atoms with Crippen molar-refractivity contribution in [2.75, 3.05) is 13.7 Å². The molecular weight excluding hydrogens is 230 g/mol. The number of H-pyrrole nitrogens is 1. The summed E-state index contributed by atoms with van der Waals surface area (Å²) in [5, 5.41) is 3.78. The Kier molecular flexibility index (Phi) is 3.53. The van der Waals surface area contributed by atoms with Gasteiger partial charge in [0.15, 0.2) is 0 Å². The van der Waals surface area contributed by atoms with E-state index in [0.29, 0.717) is 12.2 Å². The Morgan fingerprint density at radius 3 is 2.94 bits per heavy atom. The molecule has 0 saturated heterocycles. The molecule has 0 saturated carbocycles. The number of aromatic nitrogens is 1. The predicted molar refractivity (Wildman–Crippen MR) is 70.8 cm³/mol. The lowest BCUT2D eigenvalue weighted by Gasteiger charge is -2.09. The molecule has 18 heavy (non-hydrogen) atoms. The van der Waals surface area contributed by atoms with Gasteiger partial charge in [-0.3, -0.25) is 4.79 Å². The maximum absolute atomic E-state index is 11.9. The third-order valence-electron chi connectivity index (χ3n) is 2.81. The second-order valence-corrected chi connectivity index (χ2v) is 4.25. The van der Waals surface area contributed by atoms with Gasteiger partial charge in [0.2, 0.25) is 0 Å². The Hall–Kier alpha value is -2.01. The number of methoxy groups -OCH3 is 1. The molecule has 1 atom stereocenters. The first-order valence-corrected chi connectivity index (χ1v) is 5.81. The standard InChI is InChI=1S/C13H17N3O2/c1-8(7-14)15-13(17)12-5-9-3-4-10(18-2)6-11(9)16-12/h3-6,8,16H,7,14H2,1-2H3,(H,15,17). The first-order valence-electron chi connectivity index (χ1n) is 5.81. The van der Waals surface area contributed by atoms with E-state index in [0.717, 1.165) is 16.7 Å². The molecule has 1 aromatic carbocycles. The molecule has 0 radical (unpaired) electrons. The van der Waals surface area contributed by atoms with Crippen molar-refractivity contribution in [3.05, 3.63) is 30.0 Å². The number of carbonyl (C=O) groups excluding carboxylic acids is 1. The van der Waals surface area contributed by atoms with E-state index in [1.165, 1.54) is 0 Å². The zero-order valence-corrected chi connectivity index (χ0v) is 10.5. The van der Waals surface area contributed by atoms with E-state index in [1.54, 1.807) is 7.11 Å². The first kappa shape index (κ1) is 12.4. The number of hydrogen-bond donors (Lipinski definition) is 3. The van der Waals surface area contributed by atoms with E-state index in [-0.39, 0.29) is 11.9 Å². The van der Waals surface area contributed by atoms with Gasteiger partial charge in [-0.1, -0.05) is 0 Å². The minimum Gasteiger partial charge on any atom is -0.497 e. The molecule has 0 spiro atoms. The van der Waals surface area contributed by atoms with Crippen LogP contribution < -0.4 is 15.8 Å². The van der Waals surface area contributed by atoms with E-state index in [4.69, 9.17) is 10.5 Å². The Morgan fingerprint density at radius 1 is 1.50 bits per heavy atom. The maximum atomic E-state index is 11.9. The quantitative estimate of drug-likeness (QED) is 0.760. The largest absolute Gasteiger partial charge is 0.497 e. The number of amides is 1. The van der Waals surface area contributed by atoms with Gasteiger partial charge in [-0.05, 0) is 25.1 Å². The summed E-state index contributed by atoms with van der Waals surface area (Å²) in [5.74, 6) is 0.606. The molecule has 96 valence electrons. The van der Waals surface area contributed by atoms with E-state index < -0.39 is 0 Å². The summed E-state index contributed by atoms with van der Waals surface area (Å²) in [6, 6.07) is 7.40. The number of hydrogen-bond acceptors (Lipinski definition) is 3. The minimum atomic E-state index is -0.150. The Bertz CT molecular complexity index is 562. The number of carbonyl (C=O) groups is 1. The summed E-state index contributed by atoms with van der Waals surface area (Å²) >= 11 is 0. The summed E-state index contributed by atoms with van der Waals surface area (Å²) < 4.78 is 5.14. The number of rotatable bonds is 4. The molecular formula is C13H17N3O2. The summed E-state index contributed by atoms with van der Waals surface area (Å²) in [6.45, 7) is 2.28. The molecule has 0 fully saturated rings. The molecule has 0 aliphatic rings. The van der Waals surface area contributed by atoms with Crippen LogP contribution in [0.15, 0.2) is 24.3 Å². The van der Waals surface area contributed by atoms with Crippen LogP contribution in [0.2, 0.25) is 0 Å². The molecule has 5 nitrogen and oxygen atoms in total. The van der Waals surface area contributed by atoms with E-state index in [9.17, 15) is 4.79 Å². The molecule has 4 N–H and O–H groups in total. The number of nitrogens with two attached hydrogens (primary N) is 1. The van der Waals surface area contributed by atoms with Crippen molar-refractivity contribution in [1.29, 1.82) is 0 Å². The molecule has 0 aliphatic carbocycles. The summed E-state index contributed by atoms with van der Waals surface area (Å²) in [7, 11) is 1.61. The fourth-order valence-electron chi connectivity index (χ4n) is 1.72. The van der Waals surface area contributed by atoms with E-state index >= 15 is 0 Å². The van der Waals surface area contributed by atoms with Crippen molar-refractivity contribution in [3.63, 3.8) is 0 Å². The molecule has 1 heterocycles. The minimum absolute atomic E-state index is 0.0431. The van der Waals surface area contributed by atoms with Crippen molar-refractivity contribution in [2.45, 2.75) is 13.0 Å². The highest BCUT2D eigenvalue weighted by molar-refractivity contribution is 5.98. The van der Waals surface area contributed by atoms with Crippen molar-refractivity contribution in [1.82, 2.24) is 10.3 Å². The number of ether oxygens (including phenoxy) is 1. The number of benzene rings is 1. The SMILES string of the molecule is COc1ccc2cc(C(=O)NC(C)CN)[nH]c2c1. The van der Waals surface area contributed by atoms with Crippen LogP contribution in [0.4, 0.5) is 0 Å². The van der Waals surface area contributed by atoms with Gasteiger partial charge in [-0.25, -0.2) is 0 Å². The molecule has 2 rings (SSSR count). The summed E-state index contributed by atoms with van der Waals surface area (Å²) in [4.78, 5) is 15.0. The van der Waals surface area contributed by atoms with Crippen LogP contribution in [-0.2, 0) is 0 Å². The second kappa shape index (κ2) is 5.10. The maximum Gasteiger partial charge on any atom is 0.267 e. The lowest BCUT2D eigenvalue weighted by atomic mass is 10.2. The van der Waals surface area contributed by atoms with E-state index in [1.807, 2.05) is 31.2 Å². The zero-order chi connectivity index (χ0) is 13.1. The molecule has 5 heteroatoms. The molecule has 0 aliphatic heterocycles. The lowest BCUT2D eigenvalue weighted by Crippen LogP contribution is -2.37. The average molecular weight is 247 g/mol. The van der Waals surface area contributed by atoms with Crippen LogP contribution in [-0.4, -0.2) is 30.6 Å². The van der Waals surface area contributed by atoms with Gasteiger partial charge in [-0.15, -0.1) is 0 Å². The Labute approximate surface area is 105 Å². The smallest absolute Gasteiger partial charge is 0.267 e. The van der Waals surface area contributed by atoms with Crippen LogP contribution in [0.5, 0.6) is 5.75 Å². The zero-order valence-electron chi connectivity index (χ0n) is 10.5. The Balaban J connectivity index is 2.26.